The first-order chi connectivity index (χ1) is 10.8. The number of thiol groups is 1. The molecular weight excluding hydrogens is 336 g/mol. The molecule has 1 aromatic rings. The van der Waals surface area contributed by atoms with E-state index in [0.717, 1.165) is 5.69 Å². The van der Waals surface area contributed by atoms with E-state index in [4.69, 9.17) is 11.6 Å². The van der Waals surface area contributed by atoms with Gasteiger partial charge in [0.15, 0.2) is 0 Å². The summed E-state index contributed by atoms with van der Waals surface area (Å²) in [5.41, 5.74) is 0.867. The molecule has 1 aliphatic heterocycles. The number of carboxylic acid groups (broad SMARTS) is 1. The zero-order chi connectivity index (χ0) is 17.2. The van der Waals surface area contributed by atoms with Crippen LogP contribution in [0.5, 0.6) is 0 Å². The molecule has 1 aromatic carbocycles. The Hall–Kier alpha value is -1.24. The molecule has 0 bridgehead atoms. The fraction of sp³-hybridized carbons (Fsp3) is 0.500. The van der Waals surface area contributed by atoms with Crippen molar-refractivity contribution in [3.63, 3.8) is 0 Å². The number of amides is 2. The molecule has 1 heterocycles. The molecule has 0 aromatic heterocycles. The van der Waals surface area contributed by atoms with E-state index in [0.29, 0.717) is 17.2 Å². The van der Waals surface area contributed by atoms with E-state index in [1.165, 1.54) is 0 Å². The number of carbonyl (C=O) groups excluding carboxylic acids is 1. The predicted octanol–water partition coefficient (Wildman–Crippen LogP) is 3.50. The molecule has 7 heteroatoms. The maximum Gasteiger partial charge on any atom is 0.521 e. The smallest absolute Gasteiger partial charge is 0.435 e. The van der Waals surface area contributed by atoms with Gasteiger partial charge in [0.1, 0.15) is 12.6 Å². The second kappa shape index (κ2) is 7.11. The number of quaternary nitrogens is 1. The van der Waals surface area contributed by atoms with Crippen LogP contribution in [0.25, 0.3) is 0 Å². The van der Waals surface area contributed by atoms with Crippen LogP contribution < -0.4 is 5.32 Å². The Morgan fingerprint density at radius 1 is 1.43 bits per heavy atom. The minimum Gasteiger partial charge on any atom is -0.435 e. The first-order valence-electron chi connectivity index (χ1n) is 7.60. The van der Waals surface area contributed by atoms with Crippen molar-refractivity contribution in [3.05, 3.63) is 29.3 Å². The molecule has 2 N–H and O–H groups in total. The number of nitrogens with one attached hydrogen (secondary N) is 1. The average Bonchev–Trinajstić information content (AvgIpc) is 2.85. The summed E-state index contributed by atoms with van der Waals surface area (Å²) in [4.78, 5) is 24.6. The van der Waals surface area contributed by atoms with E-state index in [-0.39, 0.29) is 24.5 Å². The average molecular weight is 358 g/mol. The molecule has 1 fully saturated rings. The third-order valence-electron chi connectivity index (χ3n) is 4.53. The lowest BCUT2D eigenvalue weighted by Crippen LogP contribution is -2.61. The van der Waals surface area contributed by atoms with Crippen molar-refractivity contribution in [1.29, 1.82) is 0 Å². The van der Waals surface area contributed by atoms with Crippen LogP contribution in [0.3, 0.4) is 0 Å². The van der Waals surface area contributed by atoms with Crippen molar-refractivity contribution in [2.75, 3.05) is 17.6 Å². The summed E-state index contributed by atoms with van der Waals surface area (Å²) in [6.07, 6.45) is -0.475. The van der Waals surface area contributed by atoms with Crippen molar-refractivity contribution in [2.24, 2.45) is 5.92 Å². The number of rotatable bonds is 4. The van der Waals surface area contributed by atoms with Gasteiger partial charge >= 0.3 is 12.0 Å². The summed E-state index contributed by atoms with van der Waals surface area (Å²) >= 11 is 10.0. The normalized spacial score (nSPS) is 28.3. The molecule has 0 radical (unpaired) electrons. The maximum atomic E-state index is 12.7. The highest BCUT2D eigenvalue weighted by atomic mass is 35.5. The van der Waals surface area contributed by atoms with Gasteiger partial charge in [-0.25, -0.2) is 4.79 Å². The molecule has 5 nitrogen and oxygen atoms in total. The highest BCUT2D eigenvalue weighted by Crippen LogP contribution is 2.32. The minimum atomic E-state index is -1.09. The Balaban J connectivity index is 2.21. The molecule has 1 saturated heterocycles. The number of nitrogens with zero attached hydrogens (tertiary/aromatic N) is 1. The van der Waals surface area contributed by atoms with Crippen LogP contribution in [0.1, 0.15) is 20.3 Å². The standard InChI is InChI=1S/C16H21ClN2O3S/c1-10(9-23)15(20)19(16(21)22)8-14(7-11(19)2)18-13-5-3-12(17)4-6-13/h3-6,10-11,14,18H,7-9H2,1-2H3,(H-,21,22,23)/p+1/t10?,11-,14+,19+/m1/s1. The number of hydrogen-bond donors (Lipinski definition) is 3. The van der Waals surface area contributed by atoms with Crippen LogP contribution >= 0.6 is 24.2 Å². The number of halogens is 1. The molecule has 1 unspecified atom stereocenters. The molecule has 2 rings (SSSR count). The molecule has 126 valence electrons. The summed E-state index contributed by atoms with van der Waals surface area (Å²) in [7, 11) is 0. The van der Waals surface area contributed by atoms with Gasteiger partial charge in [0, 0.05) is 22.9 Å². The van der Waals surface area contributed by atoms with E-state index in [9.17, 15) is 14.7 Å². The Labute approximate surface area is 146 Å². The van der Waals surface area contributed by atoms with Crippen molar-refractivity contribution in [3.8, 4) is 0 Å². The van der Waals surface area contributed by atoms with Crippen LogP contribution in [0.4, 0.5) is 10.5 Å². The first kappa shape index (κ1) is 18.1. The van der Waals surface area contributed by atoms with Gasteiger partial charge < -0.3 is 10.4 Å². The Morgan fingerprint density at radius 3 is 2.57 bits per heavy atom. The molecule has 2 amide bonds. The number of imide groups is 1. The van der Waals surface area contributed by atoms with E-state index in [2.05, 4.69) is 17.9 Å². The van der Waals surface area contributed by atoms with Gasteiger partial charge in [-0.3, -0.25) is 0 Å². The van der Waals surface area contributed by atoms with Gasteiger partial charge in [-0.2, -0.15) is 21.9 Å². The van der Waals surface area contributed by atoms with Gasteiger partial charge in [-0.1, -0.05) is 11.6 Å². The third kappa shape index (κ3) is 3.49. The summed E-state index contributed by atoms with van der Waals surface area (Å²) in [5, 5.41) is 13.7. The molecule has 0 saturated carbocycles. The van der Waals surface area contributed by atoms with Gasteiger partial charge in [-0.15, -0.1) is 0 Å². The Morgan fingerprint density at radius 2 is 2.04 bits per heavy atom. The highest BCUT2D eigenvalue weighted by molar-refractivity contribution is 7.80. The van der Waals surface area contributed by atoms with Crippen LogP contribution in [-0.4, -0.2) is 46.0 Å². The van der Waals surface area contributed by atoms with Gasteiger partial charge in [0.25, 0.3) is 0 Å². The van der Waals surface area contributed by atoms with E-state index < -0.39 is 16.5 Å². The van der Waals surface area contributed by atoms with E-state index in [1.54, 1.807) is 19.1 Å². The van der Waals surface area contributed by atoms with Crippen molar-refractivity contribution in [1.82, 2.24) is 0 Å². The maximum absolute atomic E-state index is 12.7. The van der Waals surface area contributed by atoms with Crippen LogP contribution in [0, 0.1) is 5.92 Å². The predicted molar refractivity (Wildman–Crippen MR) is 94.1 cm³/mol. The molecule has 0 spiro atoms. The van der Waals surface area contributed by atoms with Gasteiger partial charge in [0.2, 0.25) is 0 Å². The topological polar surface area (TPSA) is 66.4 Å². The SMILES string of the molecule is CC(CS)C(=O)[N@+]1(C(=O)O)C[C@@H](Nc2ccc(Cl)cc2)C[C@H]1C. The lowest BCUT2D eigenvalue weighted by Gasteiger charge is -2.31. The quantitative estimate of drug-likeness (QED) is 0.570. The number of likely N-dealkylation sites (tertiary alicyclic amines) is 1. The number of anilines is 1. The lowest BCUT2D eigenvalue weighted by atomic mass is 10.1. The summed E-state index contributed by atoms with van der Waals surface area (Å²) in [6, 6.07) is 6.87. The highest BCUT2D eigenvalue weighted by Gasteiger charge is 2.57. The second-order valence-corrected chi connectivity index (χ2v) is 6.99. The zero-order valence-electron chi connectivity index (χ0n) is 13.2. The summed E-state index contributed by atoms with van der Waals surface area (Å²) in [5.74, 6) is -0.333. The van der Waals surface area contributed by atoms with Gasteiger partial charge in [-0.05, 0) is 38.1 Å². The molecular formula is C16H22ClN2O3S+. The molecule has 0 aliphatic carbocycles. The minimum absolute atomic E-state index is 0.0849. The Kier molecular flexibility index (Phi) is 5.60. The van der Waals surface area contributed by atoms with E-state index in [1.807, 2.05) is 19.1 Å². The van der Waals surface area contributed by atoms with Crippen LogP contribution in [-0.2, 0) is 4.79 Å². The largest absolute Gasteiger partial charge is 0.521 e. The third-order valence-corrected chi connectivity index (χ3v) is 5.33. The molecule has 23 heavy (non-hydrogen) atoms. The van der Waals surface area contributed by atoms with Crippen molar-refractivity contribution < 1.29 is 19.2 Å². The fourth-order valence-corrected chi connectivity index (χ4v) is 3.50. The van der Waals surface area contributed by atoms with Crippen molar-refractivity contribution >= 4 is 41.9 Å². The first-order valence-corrected chi connectivity index (χ1v) is 8.61. The van der Waals surface area contributed by atoms with Crippen molar-refractivity contribution in [2.45, 2.75) is 32.4 Å². The number of hydrogen-bond acceptors (Lipinski definition) is 4. The summed E-state index contributed by atoms with van der Waals surface area (Å²) in [6.45, 7) is 3.78. The van der Waals surface area contributed by atoms with E-state index >= 15 is 0 Å². The fourth-order valence-electron chi connectivity index (χ4n) is 3.22. The number of benzene rings is 1. The summed E-state index contributed by atoms with van der Waals surface area (Å²) < 4.78 is -0.535. The van der Waals surface area contributed by atoms with Gasteiger partial charge in [0.05, 0.1) is 12.0 Å². The zero-order valence-corrected chi connectivity index (χ0v) is 14.8. The van der Waals surface area contributed by atoms with Crippen LogP contribution in [0.2, 0.25) is 5.02 Å². The second-order valence-electron chi connectivity index (χ2n) is 6.19. The lowest BCUT2D eigenvalue weighted by molar-refractivity contribution is -0.794. The Bertz CT molecular complexity index is 595. The molecule has 4 atom stereocenters. The monoisotopic (exact) mass is 357 g/mol. The van der Waals surface area contributed by atoms with Crippen LogP contribution in [0.15, 0.2) is 24.3 Å². The molecule has 1 aliphatic rings. The number of carbonyl (C=O) groups is 2.